The molecule has 22 heavy (non-hydrogen) atoms. The standard InChI is InChI=1S/C15H16BrFN2O3/c1-3-6-22-14(20)12-8(2)18-15(21)19-13(12)9-4-5-11(17)10(16)7-9/h4-5,7,13H,3,6H2,1-2H3,(H2,18,19,21). The molecule has 0 radical (unpaired) electrons. The van der Waals surface area contributed by atoms with Crippen molar-refractivity contribution in [2.24, 2.45) is 0 Å². The quantitative estimate of drug-likeness (QED) is 0.799. The highest BCUT2D eigenvalue weighted by Crippen LogP contribution is 2.30. The van der Waals surface area contributed by atoms with Gasteiger partial charge in [-0.1, -0.05) is 13.0 Å². The molecule has 1 atom stereocenters. The molecular weight excluding hydrogens is 355 g/mol. The van der Waals surface area contributed by atoms with Crippen molar-refractivity contribution in [1.82, 2.24) is 10.6 Å². The van der Waals surface area contributed by atoms with Crippen molar-refractivity contribution in [2.45, 2.75) is 26.3 Å². The van der Waals surface area contributed by atoms with Crippen LogP contribution in [0.1, 0.15) is 31.9 Å². The van der Waals surface area contributed by atoms with Crippen LogP contribution in [0.2, 0.25) is 0 Å². The van der Waals surface area contributed by atoms with Gasteiger partial charge in [-0.25, -0.2) is 14.0 Å². The van der Waals surface area contributed by atoms with Gasteiger partial charge in [0.25, 0.3) is 0 Å². The van der Waals surface area contributed by atoms with E-state index in [1.807, 2.05) is 6.92 Å². The molecule has 2 rings (SSSR count). The lowest BCUT2D eigenvalue weighted by molar-refractivity contribution is -0.139. The lowest BCUT2D eigenvalue weighted by Gasteiger charge is -2.28. The first-order valence-electron chi connectivity index (χ1n) is 6.84. The van der Waals surface area contributed by atoms with Crippen LogP contribution in [0.25, 0.3) is 0 Å². The monoisotopic (exact) mass is 370 g/mol. The third-order valence-corrected chi connectivity index (χ3v) is 3.81. The molecule has 0 bridgehead atoms. The molecule has 1 aliphatic heterocycles. The zero-order chi connectivity index (χ0) is 16.3. The Balaban J connectivity index is 2.40. The van der Waals surface area contributed by atoms with Crippen LogP contribution < -0.4 is 10.6 Å². The van der Waals surface area contributed by atoms with Crippen molar-refractivity contribution in [3.05, 3.63) is 45.3 Å². The number of carbonyl (C=O) groups excluding carboxylic acids is 2. The van der Waals surface area contributed by atoms with Crippen LogP contribution in [0.3, 0.4) is 0 Å². The molecule has 1 aromatic carbocycles. The van der Waals surface area contributed by atoms with E-state index in [2.05, 4.69) is 26.6 Å². The highest BCUT2D eigenvalue weighted by atomic mass is 79.9. The summed E-state index contributed by atoms with van der Waals surface area (Å²) in [7, 11) is 0. The van der Waals surface area contributed by atoms with Gasteiger partial charge in [-0.15, -0.1) is 0 Å². The molecule has 2 amide bonds. The second-order valence-corrected chi connectivity index (χ2v) is 5.73. The Morgan fingerprint density at radius 1 is 1.45 bits per heavy atom. The zero-order valence-corrected chi connectivity index (χ0v) is 13.8. The molecule has 1 aliphatic rings. The van der Waals surface area contributed by atoms with Crippen molar-refractivity contribution in [1.29, 1.82) is 0 Å². The summed E-state index contributed by atoms with van der Waals surface area (Å²) in [6.45, 7) is 3.82. The van der Waals surface area contributed by atoms with Crippen LogP contribution >= 0.6 is 15.9 Å². The Labute approximate surface area is 136 Å². The maximum Gasteiger partial charge on any atom is 0.338 e. The number of ether oxygens (including phenoxy) is 1. The molecular formula is C15H16BrFN2O3. The zero-order valence-electron chi connectivity index (χ0n) is 12.2. The normalized spacial score (nSPS) is 17.8. The van der Waals surface area contributed by atoms with Crippen LogP contribution in [0, 0.1) is 5.82 Å². The number of hydrogen-bond acceptors (Lipinski definition) is 3. The van der Waals surface area contributed by atoms with E-state index < -0.39 is 23.9 Å². The van der Waals surface area contributed by atoms with E-state index in [0.717, 1.165) is 0 Å². The fourth-order valence-electron chi connectivity index (χ4n) is 2.18. The summed E-state index contributed by atoms with van der Waals surface area (Å²) in [6.07, 6.45) is 0.699. The number of hydrogen-bond donors (Lipinski definition) is 2. The number of urea groups is 1. The minimum Gasteiger partial charge on any atom is -0.462 e. The van der Waals surface area contributed by atoms with E-state index in [4.69, 9.17) is 4.74 Å². The van der Waals surface area contributed by atoms with Crippen molar-refractivity contribution in [3.8, 4) is 0 Å². The fourth-order valence-corrected chi connectivity index (χ4v) is 2.58. The van der Waals surface area contributed by atoms with Gasteiger partial charge >= 0.3 is 12.0 Å². The van der Waals surface area contributed by atoms with Crippen molar-refractivity contribution in [2.75, 3.05) is 6.61 Å². The van der Waals surface area contributed by atoms with Gasteiger partial charge in [-0.2, -0.15) is 0 Å². The number of halogens is 2. The Kier molecular flexibility index (Phi) is 5.18. The Morgan fingerprint density at radius 3 is 2.82 bits per heavy atom. The van der Waals surface area contributed by atoms with E-state index in [1.54, 1.807) is 6.92 Å². The van der Waals surface area contributed by atoms with Gasteiger partial charge in [-0.05, 0) is 47.0 Å². The van der Waals surface area contributed by atoms with Crippen molar-refractivity contribution >= 4 is 27.9 Å². The van der Waals surface area contributed by atoms with E-state index in [9.17, 15) is 14.0 Å². The first-order valence-corrected chi connectivity index (χ1v) is 7.63. The van der Waals surface area contributed by atoms with Crippen LogP contribution in [0.5, 0.6) is 0 Å². The Morgan fingerprint density at radius 2 is 2.18 bits per heavy atom. The van der Waals surface area contributed by atoms with Gasteiger partial charge in [-0.3, -0.25) is 0 Å². The Bertz CT molecular complexity index is 646. The number of amides is 2. The van der Waals surface area contributed by atoms with Gasteiger partial charge in [0.1, 0.15) is 5.82 Å². The van der Waals surface area contributed by atoms with Crippen LogP contribution in [0.4, 0.5) is 9.18 Å². The molecule has 1 unspecified atom stereocenters. The molecule has 0 aliphatic carbocycles. The van der Waals surface area contributed by atoms with Gasteiger partial charge in [0.05, 0.1) is 22.7 Å². The maximum absolute atomic E-state index is 13.4. The predicted octanol–water partition coefficient (Wildman–Crippen LogP) is 3.17. The molecule has 1 heterocycles. The third-order valence-electron chi connectivity index (χ3n) is 3.20. The van der Waals surface area contributed by atoms with Crippen LogP contribution in [-0.2, 0) is 9.53 Å². The van der Waals surface area contributed by atoms with E-state index in [1.165, 1.54) is 18.2 Å². The van der Waals surface area contributed by atoms with Crippen molar-refractivity contribution < 1.29 is 18.7 Å². The highest BCUT2D eigenvalue weighted by Gasteiger charge is 2.32. The first kappa shape index (κ1) is 16.5. The van der Waals surface area contributed by atoms with Gasteiger partial charge in [0, 0.05) is 5.70 Å². The molecule has 0 saturated heterocycles. The van der Waals surface area contributed by atoms with E-state index in [0.29, 0.717) is 29.9 Å². The van der Waals surface area contributed by atoms with E-state index >= 15 is 0 Å². The largest absolute Gasteiger partial charge is 0.462 e. The second kappa shape index (κ2) is 6.91. The molecule has 0 spiro atoms. The average Bonchev–Trinajstić information content (AvgIpc) is 2.46. The summed E-state index contributed by atoms with van der Waals surface area (Å²) in [5, 5.41) is 5.22. The van der Waals surface area contributed by atoms with Crippen LogP contribution in [-0.4, -0.2) is 18.6 Å². The third kappa shape index (κ3) is 3.47. The molecule has 0 fully saturated rings. The van der Waals surface area contributed by atoms with Crippen LogP contribution in [0.15, 0.2) is 33.9 Å². The molecule has 1 aromatic rings. The molecule has 0 saturated carbocycles. The summed E-state index contributed by atoms with van der Waals surface area (Å²) < 4.78 is 18.8. The van der Waals surface area contributed by atoms with E-state index in [-0.39, 0.29) is 4.47 Å². The predicted molar refractivity (Wildman–Crippen MR) is 82.5 cm³/mol. The number of esters is 1. The topological polar surface area (TPSA) is 67.4 Å². The maximum atomic E-state index is 13.4. The number of nitrogens with one attached hydrogen (secondary N) is 2. The SMILES string of the molecule is CCCOC(=O)C1=C(C)NC(=O)NC1c1ccc(F)c(Br)c1. The number of carbonyl (C=O) groups is 2. The molecule has 5 nitrogen and oxygen atoms in total. The minimum absolute atomic E-state index is 0.261. The minimum atomic E-state index is -0.685. The average molecular weight is 371 g/mol. The summed E-state index contributed by atoms with van der Waals surface area (Å²) in [5.41, 5.74) is 1.33. The lowest BCUT2D eigenvalue weighted by atomic mass is 9.95. The van der Waals surface area contributed by atoms with Gasteiger partial charge < -0.3 is 15.4 Å². The molecule has 7 heteroatoms. The summed E-state index contributed by atoms with van der Waals surface area (Å²) >= 11 is 3.11. The first-order chi connectivity index (χ1) is 10.4. The van der Waals surface area contributed by atoms with Gasteiger partial charge in [0.15, 0.2) is 0 Å². The molecule has 0 aromatic heterocycles. The second-order valence-electron chi connectivity index (χ2n) is 4.88. The fraction of sp³-hybridized carbons (Fsp3) is 0.333. The summed E-state index contributed by atoms with van der Waals surface area (Å²) in [6, 6.07) is 3.23. The smallest absolute Gasteiger partial charge is 0.338 e. The Hall–Kier alpha value is -1.89. The summed E-state index contributed by atoms with van der Waals surface area (Å²) in [4.78, 5) is 23.9. The number of benzene rings is 1. The summed E-state index contributed by atoms with van der Waals surface area (Å²) in [5.74, 6) is -0.919. The molecule has 118 valence electrons. The number of allylic oxidation sites excluding steroid dienone is 1. The highest BCUT2D eigenvalue weighted by molar-refractivity contribution is 9.10. The lowest BCUT2D eigenvalue weighted by Crippen LogP contribution is -2.45. The van der Waals surface area contributed by atoms with Gasteiger partial charge in [0.2, 0.25) is 0 Å². The van der Waals surface area contributed by atoms with Crippen molar-refractivity contribution in [3.63, 3.8) is 0 Å². The number of rotatable bonds is 4. The molecule has 2 N–H and O–H groups in total.